The van der Waals surface area contributed by atoms with E-state index in [9.17, 15) is 0 Å². The van der Waals surface area contributed by atoms with Crippen molar-refractivity contribution in [3.05, 3.63) is 0 Å². The van der Waals surface area contributed by atoms with Crippen molar-refractivity contribution in [2.45, 2.75) is 19.3 Å². The predicted octanol–water partition coefficient (Wildman–Crippen LogP) is 2.25. The molecule has 0 bridgehead atoms. The average Bonchev–Trinajstić information content (AvgIpc) is 1.30. The van der Waals surface area contributed by atoms with Gasteiger partial charge in [0.1, 0.15) is 0 Å². The SMILES string of the molecule is [CH3][Sn]([CH3])([CH3])[CH2]CS. The van der Waals surface area contributed by atoms with Gasteiger partial charge >= 0.3 is 56.0 Å². The van der Waals surface area contributed by atoms with Crippen LogP contribution in [0.5, 0.6) is 0 Å². The maximum absolute atomic E-state index is 4.17. The third kappa shape index (κ3) is 7.15. The Bertz CT molecular complexity index is 46.5. The normalized spacial score (nSPS) is 12.0. The summed E-state index contributed by atoms with van der Waals surface area (Å²) in [6.07, 6.45) is 0. The first-order valence-electron chi connectivity index (χ1n) is 2.67. The molecular weight excluding hydrogens is 211 g/mol. The first-order valence-corrected chi connectivity index (χ1v) is 13.9. The van der Waals surface area contributed by atoms with Crippen LogP contribution < -0.4 is 0 Å². The molecule has 0 radical (unpaired) electrons. The molecule has 0 saturated carbocycles. The van der Waals surface area contributed by atoms with E-state index in [1.54, 1.807) is 0 Å². The van der Waals surface area contributed by atoms with Crippen LogP contribution in [0.25, 0.3) is 0 Å². The van der Waals surface area contributed by atoms with Crippen molar-refractivity contribution in [2.75, 3.05) is 5.75 Å². The van der Waals surface area contributed by atoms with E-state index >= 15 is 0 Å². The van der Waals surface area contributed by atoms with Crippen LogP contribution in [-0.2, 0) is 0 Å². The van der Waals surface area contributed by atoms with Crippen molar-refractivity contribution < 1.29 is 0 Å². The summed E-state index contributed by atoms with van der Waals surface area (Å²) in [7, 11) is 0. The number of hydrogen-bond donors (Lipinski definition) is 1. The van der Waals surface area contributed by atoms with Crippen molar-refractivity contribution in [3.63, 3.8) is 0 Å². The molecule has 0 atom stereocenters. The van der Waals surface area contributed by atoms with Crippen LogP contribution in [0.2, 0.25) is 19.3 Å². The molecule has 0 amide bonds. The van der Waals surface area contributed by atoms with Gasteiger partial charge in [0.15, 0.2) is 0 Å². The Hall–Kier alpha value is 1.15. The molecular formula is C5H14SSn. The molecule has 0 nitrogen and oxygen atoms in total. The monoisotopic (exact) mass is 226 g/mol. The Morgan fingerprint density at radius 2 is 1.71 bits per heavy atom. The van der Waals surface area contributed by atoms with Gasteiger partial charge in [-0.2, -0.15) is 0 Å². The number of hydrogen-bond acceptors (Lipinski definition) is 1. The average molecular weight is 225 g/mol. The van der Waals surface area contributed by atoms with E-state index in [-0.39, 0.29) is 0 Å². The Labute approximate surface area is 56.0 Å². The van der Waals surface area contributed by atoms with Crippen molar-refractivity contribution in [1.82, 2.24) is 0 Å². The summed E-state index contributed by atoms with van der Waals surface area (Å²) in [6, 6.07) is 0. The van der Waals surface area contributed by atoms with Crippen LogP contribution in [-0.4, -0.2) is 24.1 Å². The van der Waals surface area contributed by atoms with E-state index in [0.717, 1.165) is 5.75 Å². The molecule has 7 heavy (non-hydrogen) atoms. The minimum absolute atomic E-state index is 1.10. The zero-order valence-corrected chi connectivity index (χ0v) is 9.11. The fraction of sp³-hybridized carbons (Fsp3) is 1.00. The summed E-state index contributed by atoms with van der Waals surface area (Å²) in [5.74, 6) is 1.10. The van der Waals surface area contributed by atoms with Crippen molar-refractivity contribution >= 4 is 31.0 Å². The van der Waals surface area contributed by atoms with Gasteiger partial charge in [0.2, 0.25) is 0 Å². The van der Waals surface area contributed by atoms with Crippen molar-refractivity contribution in [2.24, 2.45) is 0 Å². The standard InChI is InChI=1S/C2H5S.3CH3.Sn/c1-2-3;;;;/h3H,1-2H2;3*1H3;. The summed E-state index contributed by atoms with van der Waals surface area (Å²) in [6.45, 7) is 0. The fourth-order valence-corrected chi connectivity index (χ4v) is 6.75. The zero-order valence-electron chi connectivity index (χ0n) is 5.36. The quantitative estimate of drug-likeness (QED) is 0.540. The molecule has 0 saturated heterocycles. The van der Waals surface area contributed by atoms with Gasteiger partial charge in [0.05, 0.1) is 0 Å². The molecule has 0 heterocycles. The van der Waals surface area contributed by atoms with Gasteiger partial charge in [-0.15, -0.1) is 0 Å². The van der Waals surface area contributed by atoms with Crippen LogP contribution in [0.4, 0.5) is 0 Å². The van der Waals surface area contributed by atoms with Crippen LogP contribution in [0.15, 0.2) is 0 Å². The van der Waals surface area contributed by atoms with Crippen LogP contribution >= 0.6 is 12.6 Å². The molecule has 0 aliphatic carbocycles. The summed E-state index contributed by atoms with van der Waals surface area (Å²) in [5.41, 5.74) is 0. The van der Waals surface area contributed by atoms with Crippen LogP contribution in [0, 0.1) is 0 Å². The second-order valence-electron chi connectivity index (χ2n) is 3.03. The number of rotatable bonds is 2. The molecule has 0 unspecified atom stereocenters. The van der Waals surface area contributed by atoms with E-state index in [4.69, 9.17) is 0 Å². The zero-order chi connectivity index (χ0) is 5.91. The van der Waals surface area contributed by atoms with Gasteiger partial charge < -0.3 is 0 Å². The van der Waals surface area contributed by atoms with Gasteiger partial charge in [0, 0.05) is 0 Å². The molecule has 0 spiro atoms. The van der Waals surface area contributed by atoms with Crippen molar-refractivity contribution in [3.8, 4) is 0 Å². The molecule has 0 rings (SSSR count). The first kappa shape index (κ1) is 8.15. The Balaban J connectivity index is 3.15. The topological polar surface area (TPSA) is 0 Å². The second kappa shape index (κ2) is 3.23. The number of thiol groups is 1. The molecule has 0 aromatic rings. The second-order valence-corrected chi connectivity index (χ2v) is 19.5. The molecule has 0 aliphatic rings. The van der Waals surface area contributed by atoms with Gasteiger partial charge in [0.25, 0.3) is 0 Å². The third-order valence-corrected chi connectivity index (χ3v) is 7.28. The molecule has 0 aromatic heterocycles. The van der Waals surface area contributed by atoms with Gasteiger partial charge in [-0.25, -0.2) is 0 Å². The Morgan fingerprint density at radius 3 is 1.71 bits per heavy atom. The van der Waals surface area contributed by atoms with E-state index in [2.05, 4.69) is 27.4 Å². The first-order chi connectivity index (χ1) is 3.06. The van der Waals surface area contributed by atoms with Gasteiger partial charge in [-0.1, -0.05) is 0 Å². The third-order valence-electron chi connectivity index (χ3n) is 0.862. The van der Waals surface area contributed by atoms with E-state index < -0.39 is 18.4 Å². The van der Waals surface area contributed by atoms with Crippen LogP contribution in [0.1, 0.15) is 0 Å². The van der Waals surface area contributed by atoms with E-state index in [1.807, 2.05) is 0 Å². The van der Waals surface area contributed by atoms with Gasteiger partial charge in [-0.05, 0) is 0 Å². The summed E-state index contributed by atoms with van der Waals surface area (Å²) in [5, 5.41) is 0. The summed E-state index contributed by atoms with van der Waals surface area (Å²) < 4.78 is 1.41. The van der Waals surface area contributed by atoms with Gasteiger partial charge in [-0.3, -0.25) is 0 Å². The predicted molar refractivity (Wildman–Crippen MR) is 42.0 cm³/mol. The molecule has 0 N–H and O–H groups in total. The molecule has 2 heteroatoms. The fourth-order valence-electron chi connectivity index (χ4n) is 0.335. The van der Waals surface area contributed by atoms with E-state index in [1.165, 1.54) is 4.44 Å². The van der Waals surface area contributed by atoms with Crippen molar-refractivity contribution in [1.29, 1.82) is 0 Å². The summed E-state index contributed by atoms with van der Waals surface area (Å²) >= 11 is 2.81. The van der Waals surface area contributed by atoms with Crippen LogP contribution in [0.3, 0.4) is 0 Å². The summed E-state index contributed by atoms with van der Waals surface area (Å²) in [4.78, 5) is 7.31. The Morgan fingerprint density at radius 1 is 1.29 bits per heavy atom. The maximum atomic E-state index is 4.17. The Kier molecular flexibility index (Phi) is 3.76. The molecule has 44 valence electrons. The molecule has 0 aliphatic heterocycles. The molecule has 0 aromatic carbocycles. The minimum atomic E-state index is -1.35. The molecule has 0 fully saturated rings. The van der Waals surface area contributed by atoms with E-state index in [0.29, 0.717) is 0 Å².